The van der Waals surface area contributed by atoms with Crippen molar-refractivity contribution in [2.75, 3.05) is 18.0 Å². The first-order valence-electron chi connectivity index (χ1n) is 5.67. The third-order valence-electron chi connectivity index (χ3n) is 2.46. The number of benzene rings is 1. The number of hydrogen-bond donors (Lipinski definition) is 2. The van der Waals surface area contributed by atoms with Crippen molar-refractivity contribution in [2.45, 2.75) is 6.92 Å². The van der Waals surface area contributed by atoms with E-state index in [0.29, 0.717) is 12.1 Å². The summed E-state index contributed by atoms with van der Waals surface area (Å²) in [4.78, 5) is 23.4. The lowest BCUT2D eigenvalue weighted by atomic mass is 10.1. The minimum Gasteiger partial charge on any atom is -0.478 e. The van der Waals surface area contributed by atoms with Crippen LogP contribution in [0, 0.1) is 0 Å². The highest BCUT2D eigenvalue weighted by atomic mass is 79.9. The predicted octanol–water partition coefficient (Wildman–Crippen LogP) is 1.86. The monoisotopic (exact) mass is 326 g/mol. The first-order valence-corrected chi connectivity index (χ1v) is 6.47. The van der Waals surface area contributed by atoms with Crippen molar-refractivity contribution in [2.24, 2.45) is 5.73 Å². The summed E-state index contributed by atoms with van der Waals surface area (Å²) >= 11 is 3.33. The number of rotatable bonds is 6. The number of aliphatic carboxylic acids is 1. The molecule has 0 aliphatic rings. The molecule has 3 N–H and O–H groups in total. The lowest BCUT2D eigenvalue weighted by molar-refractivity contribution is -0.131. The van der Waals surface area contributed by atoms with E-state index in [4.69, 9.17) is 10.8 Å². The number of halogens is 1. The van der Waals surface area contributed by atoms with E-state index in [0.717, 1.165) is 16.2 Å². The molecule has 0 aliphatic carbocycles. The number of amides is 1. The van der Waals surface area contributed by atoms with Crippen molar-refractivity contribution in [3.63, 3.8) is 0 Å². The van der Waals surface area contributed by atoms with Crippen LogP contribution in [0.3, 0.4) is 0 Å². The number of anilines is 1. The highest BCUT2D eigenvalue weighted by Crippen LogP contribution is 2.25. The van der Waals surface area contributed by atoms with E-state index in [1.807, 2.05) is 19.1 Å². The molecule has 1 rings (SSSR count). The van der Waals surface area contributed by atoms with Crippen molar-refractivity contribution in [3.05, 3.63) is 34.3 Å². The van der Waals surface area contributed by atoms with Crippen LogP contribution in [-0.4, -0.2) is 30.1 Å². The summed E-state index contributed by atoms with van der Waals surface area (Å²) in [6.07, 6.45) is 2.55. The SMILES string of the molecule is CCN(CC(N)=O)c1ccc(Br)cc1/C=C/C(=O)O. The summed E-state index contributed by atoms with van der Waals surface area (Å²) in [6, 6.07) is 5.44. The molecule has 0 atom stereocenters. The molecule has 0 radical (unpaired) electrons. The topological polar surface area (TPSA) is 83.6 Å². The van der Waals surface area contributed by atoms with Gasteiger partial charge in [0.15, 0.2) is 0 Å². The van der Waals surface area contributed by atoms with E-state index in [1.165, 1.54) is 6.08 Å². The van der Waals surface area contributed by atoms with Crippen LogP contribution < -0.4 is 10.6 Å². The van der Waals surface area contributed by atoms with Crippen molar-refractivity contribution < 1.29 is 14.7 Å². The van der Waals surface area contributed by atoms with E-state index < -0.39 is 11.9 Å². The molecule has 1 amide bonds. The fourth-order valence-electron chi connectivity index (χ4n) is 1.66. The van der Waals surface area contributed by atoms with Gasteiger partial charge in [-0.1, -0.05) is 15.9 Å². The standard InChI is InChI=1S/C13H15BrN2O3/c1-2-16(8-12(15)17)11-5-4-10(14)7-9(11)3-6-13(18)19/h3-7H,2,8H2,1H3,(H2,15,17)(H,18,19)/b6-3+. The molecule has 0 unspecified atom stereocenters. The molecule has 102 valence electrons. The van der Waals surface area contributed by atoms with Gasteiger partial charge in [0.2, 0.25) is 5.91 Å². The Kier molecular flexibility index (Phi) is 5.57. The van der Waals surface area contributed by atoms with Gasteiger partial charge >= 0.3 is 5.97 Å². The predicted molar refractivity (Wildman–Crippen MR) is 77.9 cm³/mol. The number of hydrogen-bond acceptors (Lipinski definition) is 3. The van der Waals surface area contributed by atoms with Gasteiger partial charge in [-0.2, -0.15) is 0 Å². The zero-order valence-corrected chi connectivity index (χ0v) is 12.1. The summed E-state index contributed by atoms with van der Waals surface area (Å²) in [5.74, 6) is -1.46. The summed E-state index contributed by atoms with van der Waals surface area (Å²) in [6.45, 7) is 2.58. The van der Waals surface area contributed by atoms with Crippen molar-refractivity contribution >= 4 is 39.6 Å². The molecule has 6 heteroatoms. The van der Waals surface area contributed by atoms with E-state index in [2.05, 4.69) is 15.9 Å². The number of carboxylic acids is 1. The second-order valence-electron chi connectivity index (χ2n) is 3.86. The second-order valence-corrected chi connectivity index (χ2v) is 4.77. The van der Waals surface area contributed by atoms with Crippen molar-refractivity contribution in [1.29, 1.82) is 0 Å². The number of nitrogens with zero attached hydrogens (tertiary/aromatic N) is 1. The molecule has 0 spiro atoms. The van der Waals surface area contributed by atoms with Gasteiger partial charge in [-0.25, -0.2) is 4.79 Å². The maximum atomic E-state index is 11.0. The average Bonchev–Trinajstić information content (AvgIpc) is 2.33. The fraction of sp³-hybridized carbons (Fsp3) is 0.231. The summed E-state index contributed by atoms with van der Waals surface area (Å²) in [5.41, 5.74) is 6.68. The lowest BCUT2D eigenvalue weighted by Gasteiger charge is -2.23. The highest BCUT2D eigenvalue weighted by Gasteiger charge is 2.11. The van der Waals surface area contributed by atoms with E-state index in [-0.39, 0.29) is 6.54 Å². The van der Waals surface area contributed by atoms with E-state index >= 15 is 0 Å². The number of likely N-dealkylation sites (N-methyl/N-ethyl adjacent to an activating group) is 1. The first-order chi connectivity index (χ1) is 8.93. The van der Waals surface area contributed by atoms with Gasteiger partial charge in [0, 0.05) is 22.8 Å². The minimum absolute atomic E-state index is 0.0893. The van der Waals surface area contributed by atoms with Gasteiger partial charge in [-0.05, 0) is 36.8 Å². The maximum absolute atomic E-state index is 11.0. The van der Waals surface area contributed by atoms with Gasteiger partial charge < -0.3 is 15.7 Å². The largest absolute Gasteiger partial charge is 0.478 e. The lowest BCUT2D eigenvalue weighted by Crippen LogP contribution is -2.34. The van der Waals surface area contributed by atoms with Gasteiger partial charge in [0.1, 0.15) is 0 Å². The first kappa shape index (κ1) is 15.2. The normalized spacial score (nSPS) is 10.6. The molecule has 0 aromatic heterocycles. The van der Waals surface area contributed by atoms with Crippen LogP contribution in [0.4, 0.5) is 5.69 Å². The van der Waals surface area contributed by atoms with Crippen molar-refractivity contribution in [3.8, 4) is 0 Å². The van der Waals surface area contributed by atoms with Crippen LogP contribution in [0.5, 0.6) is 0 Å². The molecule has 0 aliphatic heterocycles. The number of carbonyl (C=O) groups is 2. The molecule has 1 aromatic rings. The van der Waals surface area contributed by atoms with Crippen LogP contribution in [0.1, 0.15) is 12.5 Å². The van der Waals surface area contributed by atoms with Crippen LogP contribution in [0.2, 0.25) is 0 Å². The van der Waals surface area contributed by atoms with Crippen molar-refractivity contribution in [1.82, 2.24) is 0 Å². The van der Waals surface area contributed by atoms with Gasteiger partial charge in [-0.3, -0.25) is 4.79 Å². The van der Waals surface area contributed by atoms with Crippen LogP contribution in [0.15, 0.2) is 28.7 Å². The Morgan fingerprint density at radius 3 is 2.68 bits per heavy atom. The minimum atomic E-state index is -1.02. The average molecular weight is 327 g/mol. The third kappa shape index (κ3) is 4.75. The molecular weight excluding hydrogens is 312 g/mol. The Morgan fingerprint density at radius 1 is 1.47 bits per heavy atom. The third-order valence-corrected chi connectivity index (χ3v) is 2.96. The van der Waals surface area contributed by atoms with Gasteiger partial charge in [-0.15, -0.1) is 0 Å². The van der Waals surface area contributed by atoms with E-state index in [1.54, 1.807) is 11.0 Å². The molecule has 0 fully saturated rings. The molecule has 0 bridgehead atoms. The summed E-state index contributed by atoms with van der Waals surface area (Å²) in [7, 11) is 0. The molecule has 0 heterocycles. The summed E-state index contributed by atoms with van der Waals surface area (Å²) < 4.78 is 0.830. The molecular formula is C13H15BrN2O3. The highest BCUT2D eigenvalue weighted by molar-refractivity contribution is 9.10. The smallest absolute Gasteiger partial charge is 0.328 e. The maximum Gasteiger partial charge on any atom is 0.328 e. The molecule has 1 aromatic carbocycles. The Morgan fingerprint density at radius 2 is 2.16 bits per heavy atom. The van der Waals surface area contributed by atoms with Gasteiger partial charge in [0.25, 0.3) is 0 Å². The number of carbonyl (C=O) groups excluding carboxylic acids is 1. The summed E-state index contributed by atoms with van der Waals surface area (Å²) in [5, 5.41) is 8.69. The van der Waals surface area contributed by atoms with Crippen LogP contribution >= 0.6 is 15.9 Å². The number of nitrogens with two attached hydrogens (primary N) is 1. The molecule has 19 heavy (non-hydrogen) atoms. The Labute approximate surface area is 119 Å². The fourth-order valence-corrected chi connectivity index (χ4v) is 2.04. The Balaban J connectivity index is 3.17. The molecule has 0 saturated heterocycles. The number of carboxylic acid groups (broad SMARTS) is 1. The zero-order chi connectivity index (χ0) is 14.4. The Bertz CT molecular complexity index is 515. The zero-order valence-electron chi connectivity index (χ0n) is 10.5. The van der Waals surface area contributed by atoms with E-state index in [9.17, 15) is 9.59 Å². The Hall–Kier alpha value is -1.82. The van der Waals surface area contributed by atoms with Gasteiger partial charge in [0.05, 0.1) is 6.54 Å². The van der Waals surface area contributed by atoms with Crippen LogP contribution in [-0.2, 0) is 9.59 Å². The molecule has 5 nitrogen and oxygen atoms in total. The van der Waals surface area contributed by atoms with Crippen LogP contribution in [0.25, 0.3) is 6.08 Å². The second kappa shape index (κ2) is 6.94. The quantitative estimate of drug-likeness (QED) is 0.781. The molecule has 0 saturated carbocycles. The number of primary amides is 1.